The maximum atomic E-state index is 12.1. The molecule has 3 aromatic rings. The number of nitrogens with zero attached hydrogens (tertiary/aromatic N) is 3. The second-order valence-electron chi connectivity index (χ2n) is 9.56. The predicted molar refractivity (Wildman–Crippen MR) is 137 cm³/mol. The van der Waals surface area contributed by atoms with Crippen LogP contribution in [0.4, 0.5) is 11.6 Å². The minimum absolute atomic E-state index is 0.00937. The van der Waals surface area contributed by atoms with Gasteiger partial charge in [-0.15, -0.1) is 0 Å². The number of hydrogen-bond acceptors (Lipinski definition) is 6. The van der Waals surface area contributed by atoms with Crippen molar-refractivity contribution in [3.05, 3.63) is 54.2 Å². The number of anilines is 2. The van der Waals surface area contributed by atoms with Gasteiger partial charge in [0.1, 0.15) is 17.4 Å². The molecular formula is C27H35N5O2. The molecule has 1 saturated heterocycles. The maximum Gasteiger partial charge on any atom is 0.227 e. The van der Waals surface area contributed by atoms with Gasteiger partial charge in [0.25, 0.3) is 0 Å². The quantitative estimate of drug-likeness (QED) is 0.507. The average Bonchev–Trinajstić information content (AvgIpc) is 2.79. The number of likely N-dealkylation sites (tertiary alicyclic amines) is 1. The Morgan fingerprint density at radius 2 is 1.88 bits per heavy atom. The van der Waals surface area contributed by atoms with Gasteiger partial charge in [-0.05, 0) is 64.3 Å². The molecule has 180 valence electrons. The first-order chi connectivity index (χ1) is 16.4. The molecule has 2 aromatic carbocycles. The number of carbonyl (C=O) groups is 1. The molecule has 2 N–H and O–H groups in total. The van der Waals surface area contributed by atoms with Crippen molar-refractivity contribution in [3.8, 4) is 5.75 Å². The number of carbonyl (C=O) groups excluding carboxylic acids is 1. The number of piperidine rings is 1. The van der Waals surface area contributed by atoms with E-state index in [1.54, 1.807) is 0 Å². The Bertz CT molecular complexity index is 1120. The summed E-state index contributed by atoms with van der Waals surface area (Å²) in [7, 11) is 0. The molecule has 4 rings (SSSR count). The van der Waals surface area contributed by atoms with Crippen LogP contribution in [0, 0.1) is 0 Å². The predicted octanol–water partition coefficient (Wildman–Crippen LogP) is 4.69. The van der Waals surface area contributed by atoms with Crippen LogP contribution >= 0.6 is 0 Å². The van der Waals surface area contributed by atoms with Gasteiger partial charge in [-0.1, -0.05) is 24.3 Å². The van der Waals surface area contributed by atoms with Gasteiger partial charge in [-0.3, -0.25) is 4.79 Å². The molecule has 7 heteroatoms. The zero-order chi connectivity index (χ0) is 24.1. The highest BCUT2D eigenvalue weighted by atomic mass is 16.5. The topological polar surface area (TPSA) is 79.4 Å². The van der Waals surface area contributed by atoms with Crippen molar-refractivity contribution in [2.24, 2.45) is 0 Å². The van der Waals surface area contributed by atoms with Crippen molar-refractivity contribution in [2.75, 3.05) is 18.4 Å². The zero-order valence-corrected chi connectivity index (χ0v) is 20.5. The molecule has 0 atom stereocenters. The van der Waals surface area contributed by atoms with Gasteiger partial charge >= 0.3 is 0 Å². The molecule has 1 fully saturated rings. The van der Waals surface area contributed by atoms with Crippen LogP contribution < -0.4 is 15.4 Å². The molecule has 2 heterocycles. The van der Waals surface area contributed by atoms with Crippen LogP contribution in [0.25, 0.3) is 10.9 Å². The number of benzene rings is 2. The lowest BCUT2D eigenvalue weighted by Crippen LogP contribution is -2.41. The maximum absolute atomic E-state index is 12.1. The fourth-order valence-corrected chi connectivity index (χ4v) is 4.32. The largest absolute Gasteiger partial charge is 0.488 e. The molecule has 1 amide bonds. The molecule has 0 radical (unpaired) electrons. The average molecular weight is 462 g/mol. The Balaban J connectivity index is 1.47. The number of hydrogen-bond donors (Lipinski definition) is 2. The van der Waals surface area contributed by atoms with Crippen LogP contribution in [0.5, 0.6) is 5.75 Å². The Morgan fingerprint density at radius 1 is 1.12 bits per heavy atom. The van der Waals surface area contributed by atoms with E-state index >= 15 is 0 Å². The first-order valence-corrected chi connectivity index (χ1v) is 12.2. The van der Waals surface area contributed by atoms with E-state index in [1.165, 1.54) is 0 Å². The summed E-state index contributed by atoms with van der Waals surface area (Å²) in [5, 5.41) is 7.16. The van der Waals surface area contributed by atoms with E-state index in [9.17, 15) is 4.79 Å². The molecule has 1 aliphatic rings. The van der Waals surface area contributed by atoms with Gasteiger partial charge in [-0.25, -0.2) is 9.97 Å². The molecule has 0 bridgehead atoms. The first-order valence-electron chi connectivity index (χ1n) is 12.2. The van der Waals surface area contributed by atoms with E-state index < -0.39 is 0 Å². The number of rotatable bonds is 8. The fourth-order valence-electron chi connectivity index (χ4n) is 4.32. The number of para-hydroxylation sites is 1. The molecule has 34 heavy (non-hydrogen) atoms. The Kier molecular flexibility index (Phi) is 7.63. The van der Waals surface area contributed by atoms with E-state index in [-0.39, 0.29) is 18.1 Å². The molecule has 0 aliphatic carbocycles. The minimum Gasteiger partial charge on any atom is -0.488 e. The van der Waals surface area contributed by atoms with Crippen molar-refractivity contribution < 1.29 is 9.53 Å². The Labute approximate surface area is 201 Å². The van der Waals surface area contributed by atoms with Crippen LogP contribution in [0.2, 0.25) is 0 Å². The molecule has 0 unspecified atom stereocenters. The smallest absolute Gasteiger partial charge is 0.227 e. The van der Waals surface area contributed by atoms with Gasteiger partial charge in [0.2, 0.25) is 11.9 Å². The van der Waals surface area contributed by atoms with Crippen LogP contribution in [0.15, 0.2) is 48.7 Å². The van der Waals surface area contributed by atoms with E-state index in [4.69, 9.17) is 9.72 Å². The first kappa shape index (κ1) is 24.0. The summed E-state index contributed by atoms with van der Waals surface area (Å²) in [6, 6.07) is 14.5. The Hall–Kier alpha value is -3.19. The Morgan fingerprint density at radius 3 is 2.62 bits per heavy atom. The molecule has 7 nitrogen and oxygen atoms in total. The number of aromatic nitrogens is 2. The zero-order valence-electron chi connectivity index (χ0n) is 20.5. The van der Waals surface area contributed by atoms with Crippen LogP contribution in [-0.4, -0.2) is 52.1 Å². The number of amides is 1. The number of ether oxygens (including phenoxy) is 1. The van der Waals surface area contributed by atoms with Crippen molar-refractivity contribution in [2.45, 2.75) is 65.1 Å². The molecule has 0 spiro atoms. The summed E-state index contributed by atoms with van der Waals surface area (Å²) in [6.07, 6.45) is 4.38. The van der Waals surface area contributed by atoms with Crippen LogP contribution in [0.1, 0.15) is 46.1 Å². The molecule has 0 saturated carbocycles. The third kappa shape index (κ3) is 6.23. The second kappa shape index (κ2) is 10.8. The van der Waals surface area contributed by atoms with Gasteiger partial charge in [0.05, 0.1) is 6.42 Å². The summed E-state index contributed by atoms with van der Waals surface area (Å²) < 4.78 is 6.41. The lowest BCUT2D eigenvalue weighted by atomic mass is 10.1. The van der Waals surface area contributed by atoms with Gasteiger partial charge in [0, 0.05) is 42.4 Å². The number of fused-ring (bicyclic) bond motifs is 1. The van der Waals surface area contributed by atoms with E-state index in [2.05, 4.69) is 34.4 Å². The van der Waals surface area contributed by atoms with Gasteiger partial charge in [0.15, 0.2) is 0 Å². The van der Waals surface area contributed by atoms with Gasteiger partial charge < -0.3 is 20.3 Å². The van der Waals surface area contributed by atoms with E-state index in [1.807, 2.05) is 62.5 Å². The molecule has 1 aromatic heterocycles. The highest BCUT2D eigenvalue weighted by Crippen LogP contribution is 2.28. The minimum atomic E-state index is 0.00937. The van der Waals surface area contributed by atoms with E-state index in [0.717, 1.165) is 53.8 Å². The number of nitrogens with one attached hydrogen (secondary N) is 2. The normalized spacial score (nSPS) is 15.1. The summed E-state index contributed by atoms with van der Waals surface area (Å²) >= 11 is 0. The summed E-state index contributed by atoms with van der Waals surface area (Å²) in [6.45, 7) is 10.5. The monoisotopic (exact) mass is 461 g/mol. The van der Waals surface area contributed by atoms with Crippen molar-refractivity contribution in [1.29, 1.82) is 0 Å². The SMILES string of the molecule is CC(C)NC(=O)Cc1cccc(Nc2ncc3cccc(OC4CCN(C(C)C)CC4)c3n2)c1. The molecular weight excluding hydrogens is 426 g/mol. The third-order valence-corrected chi connectivity index (χ3v) is 6.07. The highest BCUT2D eigenvalue weighted by molar-refractivity contribution is 5.85. The van der Waals surface area contributed by atoms with E-state index in [0.29, 0.717) is 18.4 Å². The summed E-state index contributed by atoms with van der Waals surface area (Å²) in [4.78, 5) is 23.9. The lowest BCUT2D eigenvalue weighted by Gasteiger charge is -2.34. The van der Waals surface area contributed by atoms with Crippen LogP contribution in [0.3, 0.4) is 0 Å². The third-order valence-electron chi connectivity index (χ3n) is 6.07. The standard InChI is InChI=1S/C27H35N5O2/c1-18(2)29-25(33)16-20-7-5-9-22(15-20)30-27-28-17-21-8-6-10-24(26(21)31-27)34-23-11-13-32(14-12-23)19(3)4/h5-10,15,17-19,23H,11-14,16H2,1-4H3,(H,29,33)(H,28,30,31). The summed E-state index contributed by atoms with van der Waals surface area (Å²) in [5.74, 6) is 1.31. The lowest BCUT2D eigenvalue weighted by molar-refractivity contribution is -0.120. The van der Waals surface area contributed by atoms with Gasteiger partial charge in [-0.2, -0.15) is 0 Å². The van der Waals surface area contributed by atoms with Crippen LogP contribution in [-0.2, 0) is 11.2 Å². The highest BCUT2D eigenvalue weighted by Gasteiger charge is 2.22. The van der Waals surface area contributed by atoms with Crippen molar-refractivity contribution in [3.63, 3.8) is 0 Å². The molecule has 1 aliphatic heterocycles. The van der Waals surface area contributed by atoms with Crippen molar-refractivity contribution in [1.82, 2.24) is 20.2 Å². The second-order valence-corrected chi connectivity index (χ2v) is 9.56. The summed E-state index contributed by atoms with van der Waals surface area (Å²) in [5.41, 5.74) is 2.58. The fraction of sp³-hybridized carbons (Fsp3) is 0.444. The van der Waals surface area contributed by atoms with Crippen molar-refractivity contribution >= 4 is 28.4 Å².